The Morgan fingerprint density at radius 1 is 1.45 bits per heavy atom. The SMILES string of the molecule is C=CC(=O)OC1CC(C)C23CCC(=C)C(C2)C(C)(C)C13. The van der Waals surface area contributed by atoms with Crippen LogP contribution in [-0.4, -0.2) is 12.1 Å². The summed E-state index contributed by atoms with van der Waals surface area (Å²) in [5.41, 5.74) is 1.96. The van der Waals surface area contributed by atoms with Crippen LogP contribution in [0.4, 0.5) is 0 Å². The summed E-state index contributed by atoms with van der Waals surface area (Å²) in [5.74, 6) is 1.43. The van der Waals surface area contributed by atoms with E-state index in [-0.39, 0.29) is 17.5 Å². The largest absolute Gasteiger partial charge is 0.459 e. The molecule has 0 aromatic heterocycles. The number of carbonyl (C=O) groups is 1. The summed E-state index contributed by atoms with van der Waals surface area (Å²) in [6.45, 7) is 14.9. The first-order valence-corrected chi connectivity index (χ1v) is 7.83. The van der Waals surface area contributed by atoms with Gasteiger partial charge in [0.1, 0.15) is 6.10 Å². The zero-order valence-corrected chi connectivity index (χ0v) is 12.9. The molecule has 3 aliphatic rings. The van der Waals surface area contributed by atoms with Gasteiger partial charge in [-0.15, -0.1) is 0 Å². The van der Waals surface area contributed by atoms with Crippen LogP contribution >= 0.6 is 0 Å². The third-order valence-electron chi connectivity index (χ3n) is 6.68. The van der Waals surface area contributed by atoms with Gasteiger partial charge < -0.3 is 4.74 Å². The molecule has 2 nitrogen and oxygen atoms in total. The van der Waals surface area contributed by atoms with Crippen LogP contribution in [-0.2, 0) is 9.53 Å². The highest BCUT2D eigenvalue weighted by Gasteiger charge is 2.68. The van der Waals surface area contributed by atoms with E-state index >= 15 is 0 Å². The molecule has 0 N–H and O–H groups in total. The van der Waals surface area contributed by atoms with Crippen LogP contribution in [0.1, 0.15) is 46.5 Å². The Kier molecular flexibility index (Phi) is 2.94. The standard InChI is InChI=1S/C18H26O2/c1-6-15(19)20-14-9-12(3)18-8-7-11(2)13(10-18)17(4,5)16(14)18/h6,12-14,16H,1-2,7-10H2,3-5H3. The number of ether oxygens (including phenoxy) is 1. The molecule has 0 amide bonds. The van der Waals surface area contributed by atoms with E-state index in [2.05, 4.69) is 33.9 Å². The normalized spacial score (nSPS) is 45.0. The monoisotopic (exact) mass is 274 g/mol. The van der Waals surface area contributed by atoms with Gasteiger partial charge >= 0.3 is 5.97 Å². The van der Waals surface area contributed by atoms with Gasteiger partial charge in [0.2, 0.25) is 0 Å². The summed E-state index contributed by atoms with van der Waals surface area (Å²) in [4.78, 5) is 11.7. The minimum atomic E-state index is -0.268. The second-order valence-corrected chi connectivity index (χ2v) is 7.76. The van der Waals surface area contributed by atoms with Crippen molar-refractivity contribution in [2.24, 2.45) is 28.6 Å². The van der Waals surface area contributed by atoms with E-state index in [4.69, 9.17) is 4.74 Å². The van der Waals surface area contributed by atoms with Crippen molar-refractivity contribution in [2.45, 2.75) is 52.6 Å². The molecule has 2 bridgehead atoms. The van der Waals surface area contributed by atoms with Crippen LogP contribution in [0, 0.1) is 28.6 Å². The first-order chi connectivity index (χ1) is 9.33. The second kappa shape index (κ2) is 4.22. The number of fused-ring (bicyclic) bond motifs is 1. The molecule has 3 rings (SSSR count). The number of carbonyl (C=O) groups excluding carboxylic acids is 1. The van der Waals surface area contributed by atoms with Crippen molar-refractivity contribution in [3.63, 3.8) is 0 Å². The van der Waals surface area contributed by atoms with Crippen molar-refractivity contribution < 1.29 is 9.53 Å². The second-order valence-electron chi connectivity index (χ2n) is 7.76. The number of hydrogen-bond acceptors (Lipinski definition) is 2. The highest BCUT2D eigenvalue weighted by atomic mass is 16.5. The number of allylic oxidation sites excluding steroid dienone is 1. The van der Waals surface area contributed by atoms with Gasteiger partial charge in [-0.1, -0.05) is 39.5 Å². The van der Waals surface area contributed by atoms with Crippen molar-refractivity contribution in [3.05, 3.63) is 24.8 Å². The fourth-order valence-corrected chi connectivity index (χ4v) is 5.86. The fraction of sp³-hybridized carbons (Fsp3) is 0.722. The third kappa shape index (κ3) is 1.60. The lowest BCUT2D eigenvalue weighted by atomic mass is 9.67. The zero-order valence-electron chi connectivity index (χ0n) is 12.9. The van der Waals surface area contributed by atoms with Crippen molar-refractivity contribution in [3.8, 4) is 0 Å². The van der Waals surface area contributed by atoms with E-state index in [1.54, 1.807) is 0 Å². The molecule has 2 heteroatoms. The highest BCUT2D eigenvalue weighted by molar-refractivity contribution is 5.81. The lowest BCUT2D eigenvalue weighted by Gasteiger charge is -2.38. The molecule has 3 saturated carbocycles. The van der Waals surface area contributed by atoms with E-state index in [0.29, 0.717) is 23.2 Å². The fourth-order valence-electron chi connectivity index (χ4n) is 5.86. The maximum Gasteiger partial charge on any atom is 0.330 e. The summed E-state index contributed by atoms with van der Waals surface area (Å²) >= 11 is 0. The lowest BCUT2D eigenvalue weighted by Crippen LogP contribution is -2.37. The van der Waals surface area contributed by atoms with E-state index in [1.165, 1.54) is 24.5 Å². The Balaban J connectivity index is 1.99. The van der Waals surface area contributed by atoms with Crippen LogP contribution in [0.2, 0.25) is 0 Å². The third-order valence-corrected chi connectivity index (χ3v) is 6.68. The molecule has 5 unspecified atom stereocenters. The molecule has 110 valence electrons. The van der Waals surface area contributed by atoms with Crippen molar-refractivity contribution in [1.29, 1.82) is 0 Å². The predicted molar refractivity (Wildman–Crippen MR) is 80.0 cm³/mol. The van der Waals surface area contributed by atoms with Crippen LogP contribution in [0.25, 0.3) is 0 Å². The van der Waals surface area contributed by atoms with E-state index in [1.807, 2.05) is 0 Å². The quantitative estimate of drug-likeness (QED) is 0.430. The molecule has 0 aromatic carbocycles. The molecular weight excluding hydrogens is 248 g/mol. The molecule has 1 spiro atoms. The average Bonchev–Trinajstić information content (AvgIpc) is 2.76. The maximum atomic E-state index is 11.7. The Hall–Kier alpha value is -1.05. The van der Waals surface area contributed by atoms with E-state index in [0.717, 1.165) is 12.8 Å². The van der Waals surface area contributed by atoms with Gasteiger partial charge in [-0.05, 0) is 48.3 Å². The van der Waals surface area contributed by atoms with Crippen molar-refractivity contribution in [1.82, 2.24) is 0 Å². The van der Waals surface area contributed by atoms with Crippen LogP contribution in [0.3, 0.4) is 0 Å². The minimum absolute atomic E-state index is 0.0569. The van der Waals surface area contributed by atoms with Crippen LogP contribution < -0.4 is 0 Å². The highest BCUT2D eigenvalue weighted by Crippen LogP contribution is 2.72. The van der Waals surface area contributed by atoms with Gasteiger partial charge in [0.15, 0.2) is 0 Å². The molecule has 3 aliphatic carbocycles. The van der Waals surface area contributed by atoms with E-state index in [9.17, 15) is 4.79 Å². The van der Waals surface area contributed by atoms with Gasteiger partial charge in [0, 0.05) is 12.0 Å². The zero-order chi connectivity index (χ0) is 14.7. The first kappa shape index (κ1) is 13.9. The molecule has 0 heterocycles. The molecule has 0 aliphatic heterocycles. The smallest absolute Gasteiger partial charge is 0.330 e. The number of rotatable bonds is 2. The van der Waals surface area contributed by atoms with Gasteiger partial charge in [-0.2, -0.15) is 0 Å². The molecule has 0 radical (unpaired) electrons. The molecule has 3 fully saturated rings. The summed E-state index contributed by atoms with van der Waals surface area (Å²) in [6, 6.07) is 0. The molecule has 0 saturated heterocycles. The Labute approximate surface area is 122 Å². The topological polar surface area (TPSA) is 26.3 Å². The summed E-state index contributed by atoms with van der Waals surface area (Å²) in [6.07, 6.45) is 5.97. The lowest BCUT2D eigenvalue weighted by molar-refractivity contribution is -0.147. The van der Waals surface area contributed by atoms with Crippen molar-refractivity contribution >= 4 is 5.97 Å². The van der Waals surface area contributed by atoms with Gasteiger partial charge in [0.05, 0.1) is 0 Å². The summed E-state index contributed by atoms with van der Waals surface area (Å²) < 4.78 is 5.73. The Bertz CT molecular complexity index is 476. The predicted octanol–water partition coefficient (Wildman–Crippen LogP) is 4.12. The Morgan fingerprint density at radius 3 is 2.80 bits per heavy atom. The first-order valence-electron chi connectivity index (χ1n) is 7.83. The van der Waals surface area contributed by atoms with Gasteiger partial charge in [-0.3, -0.25) is 0 Å². The van der Waals surface area contributed by atoms with Crippen molar-refractivity contribution in [2.75, 3.05) is 0 Å². The molecule has 20 heavy (non-hydrogen) atoms. The molecular formula is C18H26O2. The minimum Gasteiger partial charge on any atom is -0.459 e. The summed E-state index contributed by atoms with van der Waals surface area (Å²) in [5, 5.41) is 0. The summed E-state index contributed by atoms with van der Waals surface area (Å²) in [7, 11) is 0. The number of hydrogen-bond donors (Lipinski definition) is 0. The van der Waals surface area contributed by atoms with Gasteiger partial charge in [-0.25, -0.2) is 4.79 Å². The van der Waals surface area contributed by atoms with Crippen LogP contribution in [0.15, 0.2) is 24.8 Å². The maximum absolute atomic E-state index is 11.7. The molecule has 0 aromatic rings. The number of esters is 1. The van der Waals surface area contributed by atoms with Gasteiger partial charge in [0.25, 0.3) is 0 Å². The Morgan fingerprint density at radius 2 is 2.15 bits per heavy atom. The van der Waals surface area contributed by atoms with E-state index < -0.39 is 0 Å². The average molecular weight is 274 g/mol. The van der Waals surface area contributed by atoms with Crippen LogP contribution in [0.5, 0.6) is 0 Å². The molecule has 5 atom stereocenters.